The summed E-state index contributed by atoms with van der Waals surface area (Å²) < 4.78 is 7.29. The SMILES string of the molecule is CCOc1ncccc1C(=O)Nc1c(C)cnn1CC1CC1. The molecule has 2 aromatic rings. The molecule has 2 heterocycles. The molecule has 22 heavy (non-hydrogen) atoms. The van der Waals surface area contributed by atoms with Crippen LogP contribution in [0.1, 0.15) is 35.7 Å². The summed E-state index contributed by atoms with van der Waals surface area (Å²) >= 11 is 0. The van der Waals surface area contributed by atoms with Crippen molar-refractivity contribution in [1.29, 1.82) is 0 Å². The molecule has 1 fully saturated rings. The van der Waals surface area contributed by atoms with Crippen LogP contribution >= 0.6 is 0 Å². The van der Waals surface area contributed by atoms with Crippen molar-refractivity contribution in [2.75, 3.05) is 11.9 Å². The average Bonchev–Trinajstić information content (AvgIpc) is 3.27. The molecule has 0 bridgehead atoms. The Kier molecular flexibility index (Phi) is 4.09. The van der Waals surface area contributed by atoms with E-state index in [4.69, 9.17) is 4.74 Å². The molecular formula is C16H20N4O2. The minimum Gasteiger partial charge on any atom is -0.477 e. The molecule has 0 spiro atoms. The molecule has 6 nitrogen and oxygen atoms in total. The number of nitrogens with one attached hydrogen (secondary N) is 1. The number of anilines is 1. The van der Waals surface area contributed by atoms with Gasteiger partial charge in [-0.3, -0.25) is 4.79 Å². The standard InChI is InChI=1S/C16H20N4O2/c1-3-22-16-13(5-4-8-17-16)15(21)19-14-11(2)9-18-20(14)10-12-6-7-12/h4-5,8-9,12H,3,6-7,10H2,1-2H3,(H,19,21). The van der Waals surface area contributed by atoms with Crippen LogP contribution in [-0.2, 0) is 6.54 Å². The average molecular weight is 300 g/mol. The van der Waals surface area contributed by atoms with Crippen molar-refractivity contribution in [2.45, 2.75) is 33.2 Å². The van der Waals surface area contributed by atoms with E-state index in [-0.39, 0.29) is 5.91 Å². The van der Waals surface area contributed by atoms with Gasteiger partial charge in [0.05, 0.1) is 12.8 Å². The second-order valence-corrected chi connectivity index (χ2v) is 5.54. The number of hydrogen-bond donors (Lipinski definition) is 1. The molecule has 6 heteroatoms. The van der Waals surface area contributed by atoms with Crippen molar-refractivity contribution in [1.82, 2.24) is 14.8 Å². The largest absolute Gasteiger partial charge is 0.477 e. The first-order valence-electron chi connectivity index (χ1n) is 7.60. The van der Waals surface area contributed by atoms with Gasteiger partial charge in [0.15, 0.2) is 0 Å². The highest BCUT2D eigenvalue weighted by atomic mass is 16.5. The Bertz CT molecular complexity index is 677. The van der Waals surface area contributed by atoms with E-state index in [1.807, 2.05) is 18.5 Å². The predicted octanol–water partition coefficient (Wildman–Crippen LogP) is 2.65. The normalized spacial score (nSPS) is 13.9. The van der Waals surface area contributed by atoms with Crippen molar-refractivity contribution < 1.29 is 9.53 Å². The third-order valence-corrected chi connectivity index (χ3v) is 3.68. The number of nitrogens with zero attached hydrogens (tertiary/aromatic N) is 3. The Hall–Kier alpha value is -2.37. The van der Waals surface area contributed by atoms with E-state index in [0.29, 0.717) is 24.0 Å². The van der Waals surface area contributed by atoms with E-state index in [9.17, 15) is 4.79 Å². The fourth-order valence-electron chi connectivity index (χ4n) is 2.32. The predicted molar refractivity (Wildman–Crippen MR) is 83.0 cm³/mol. The smallest absolute Gasteiger partial charge is 0.262 e. The highest BCUT2D eigenvalue weighted by Gasteiger charge is 2.24. The van der Waals surface area contributed by atoms with Gasteiger partial charge in [0.1, 0.15) is 11.4 Å². The summed E-state index contributed by atoms with van der Waals surface area (Å²) in [6.45, 7) is 5.13. The molecule has 0 aliphatic heterocycles. The number of hydrogen-bond acceptors (Lipinski definition) is 4. The van der Waals surface area contributed by atoms with Gasteiger partial charge in [-0.1, -0.05) is 0 Å². The summed E-state index contributed by atoms with van der Waals surface area (Å²) in [7, 11) is 0. The maximum Gasteiger partial charge on any atom is 0.262 e. The zero-order valence-electron chi connectivity index (χ0n) is 12.9. The van der Waals surface area contributed by atoms with Crippen molar-refractivity contribution >= 4 is 11.7 Å². The van der Waals surface area contributed by atoms with Gasteiger partial charge in [-0.15, -0.1) is 0 Å². The molecule has 0 aromatic carbocycles. The number of carbonyl (C=O) groups excluding carboxylic acids is 1. The van der Waals surface area contributed by atoms with E-state index in [1.165, 1.54) is 12.8 Å². The van der Waals surface area contributed by atoms with Crippen molar-refractivity contribution in [3.8, 4) is 5.88 Å². The van der Waals surface area contributed by atoms with Crippen LogP contribution < -0.4 is 10.1 Å². The molecule has 0 unspecified atom stereocenters. The summed E-state index contributed by atoms with van der Waals surface area (Å²) in [5.74, 6) is 1.57. The molecule has 1 amide bonds. The Morgan fingerprint density at radius 2 is 2.32 bits per heavy atom. The fourth-order valence-corrected chi connectivity index (χ4v) is 2.32. The third-order valence-electron chi connectivity index (χ3n) is 3.68. The first-order valence-corrected chi connectivity index (χ1v) is 7.60. The van der Waals surface area contributed by atoms with Gasteiger partial charge in [0.2, 0.25) is 5.88 Å². The summed E-state index contributed by atoms with van der Waals surface area (Å²) in [6.07, 6.45) is 5.88. The highest BCUT2D eigenvalue weighted by Crippen LogP contribution is 2.32. The lowest BCUT2D eigenvalue weighted by atomic mass is 10.2. The fraction of sp³-hybridized carbons (Fsp3) is 0.438. The molecule has 0 saturated heterocycles. The van der Waals surface area contributed by atoms with Crippen LogP contribution in [0.15, 0.2) is 24.5 Å². The number of carbonyl (C=O) groups is 1. The maximum atomic E-state index is 12.5. The number of pyridine rings is 1. The van der Waals surface area contributed by atoms with Crippen LogP contribution in [0, 0.1) is 12.8 Å². The summed E-state index contributed by atoms with van der Waals surface area (Å²) in [5.41, 5.74) is 1.39. The van der Waals surface area contributed by atoms with Crippen LogP contribution in [-0.4, -0.2) is 27.3 Å². The summed E-state index contributed by atoms with van der Waals surface area (Å²) in [5, 5.41) is 7.31. The van der Waals surface area contributed by atoms with E-state index in [1.54, 1.807) is 24.5 Å². The van der Waals surface area contributed by atoms with Crippen LogP contribution in [0.5, 0.6) is 5.88 Å². The lowest BCUT2D eigenvalue weighted by Crippen LogP contribution is -2.18. The molecule has 2 aromatic heterocycles. The van der Waals surface area contributed by atoms with E-state index in [2.05, 4.69) is 15.4 Å². The van der Waals surface area contributed by atoms with Gasteiger partial charge in [-0.05, 0) is 44.7 Å². The summed E-state index contributed by atoms with van der Waals surface area (Å²) in [6, 6.07) is 3.44. The number of rotatable bonds is 6. The number of amides is 1. The first kappa shape index (κ1) is 14.6. The zero-order valence-corrected chi connectivity index (χ0v) is 12.9. The molecule has 1 saturated carbocycles. The van der Waals surface area contributed by atoms with Crippen molar-refractivity contribution in [2.24, 2.45) is 5.92 Å². The Labute approximate surface area is 129 Å². The Morgan fingerprint density at radius 3 is 3.05 bits per heavy atom. The van der Waals surface area contributed by atoms with E-state index in [0.717, 1.165) is 17.9 Å². The molecule has 1 aliphatic carbocycles. The Morgan fingerprint density at radius 1 is 1.50 bits per heavy atom. The van der Waals surface area contributed by atoms with E-state index < -0.39 is 0 Å². The molecule has 3 rings (SSSR count). The maximum absolute atomic E-state index is 12.5. The van der Waals surface area contributed by atoms with Gasteiger partial charge in [0.25, 0.3) is 5.91 Å². The van der Waals surface area contributed by atoms with Crippen LogP contribution in [0.3, 0.4) is 0 Å². The molecular weight excluding hydrogens is 280 g/mol. The van der Waals surface area contributed by atoms with Crippen LogP contribution in [0.2, 0.25) is 0 Å². The molecule has 1 N–H and O–H groups in total. The van der Waals surface area contributed by atoms with Gasteiger partial charge in [-0.2, -0.15) is 5.10 Å². The number of ether oxygens (including phenoxy) is 1. The zero-order chi connectivity index (χ0) is 15.5. The van der Waals surface area contributed by atoms with Gasteiger partial charge in [-0.25, -0.2) is 9.67 Å². The molecule has 116 valence electrons. The summed E-state index contributed by atoms with van der Waals surface area (Å²) in [4.78, 5) is 16.7. The quantitative estimate of drug-likeness (QED) is 0.890. The second kappa shape index (κ2) is 6.17. The minimum absolute atomic E-state index is 0.225. The van der Waals surface area contributed by atoms with Gasteiger partial charge in [0, 0.05) is 18.3 Å². The number of aryl methyl sites for hydroxylation is 1. The van der Waals surface area contributed by atoms with Crippen LogP contribution in [0.25, 0.3) is 0 Å². The second-order valence-electron chi connectivity index (χ2n) is 5.54. The van der Waals surface area contributed by atoms with Crippen molar-refractivity contribution in [3.05, 3.63) is 35.7 Å². The first-order chi connectivity index (χ1) is 10.7. The van der Waals surface area contributed by atoms with Gasteiger partial charge < -0.3 is 10.1 Å². The van der Waals surface area contributed by atoms with E-state index >= 15 is 0 Å². The Balaban J connectivity index is 1.81. The number of aromatic nitrogens is 3. The minimum atomic E-state index is -0.225. The van der Waals surface area contributed by atoms with Crippen LogP contribution in [0.4, 0.5) is 5.82 Å². The lowest BCUT2D eigenvalue weighted by molar-refractivity contribution is 0.102. The van der Waals surface area contributed by atoms with Crippen molar-refractivity contribution in [3.63, 3.8) is 0 Å². The third kappa shape index (κ3) is 3.10. The molecule has 0 radical (unpaired) electrons. The monoisotopic (exact) mass is 300 g/mol. The topological polar surface area (TPSA) is 69.0 Å². The van der Waals surface area contributed by atoms with Gasteiger partial charge >= 0.3 is 0 Å². The lowest BCUT2D eigenvalue weighted by Gasteiger charge is -2.12. The molecule has 1 aliphatic rings. The molecule has 0 atom stereocenters. The highest BCUT2D eigenvalue weighted by molar-refractivity contribution is 6.05.